The number of thiol groups is 1. The number of rotatable bonds is 5. The van der Waals surface area contributed by atoms with Crippen molar-refractivity contribution in [3.63, 3.8) is 0 Å². The lowest BCUT2D eigenvalue weighted by Crippen LogP contribution is -2.10. The molecule has 0 saturated carbocycles. The lowest BCUT2D eigenvalue weighted by molar-refractivity contribution is 0.414. The van der Waals surface area contributed by atoms with Gasteiger partial charge in [0.2, 0.25) is 0 Å². The Morgan fingerprint density at radius 2 is 1.88 bits per heavy atom. The van der Waals surface area contributed by atoms with Gasteiger partial charge in [0.15, 0.2) is 9.84 Å². The van der Waals surface area contributed by atoms with Crippen molar-refractivity contribution in [2.45, 2.75) is 23.5 Å². The van der Waals surface area contributed by atoms with E-state index < -0.39 is 9.84 Å². The average molecular weight is 260 g/mol. The topological polar surface area (TPSA) is 43.4 Å². The van der Waals surface area contributed by atoms with Crippen molar-refractivity contribution in [1.29, 1.82) is 0 Å². The Kier molecular flexibility index (Phi) is 4.68. The fourth-order valence-electron chi connectivity index (χ4n) is 1.23. The van der Waals surface area contributed by atoms with E-state index in [2.05, 4.69) is 12.6 Å². The second-order valence-corrected chi connectivity index (χ2v) is 6.62. The molecular weight excluding hydrogens is 244 g/mol. The maximum atomic E-state index is 11.9. The van der Waals surface area contributed by atoms with Crippen molar-refractivity contribution in [3.8, 4) is 5.75 Å². The number of methoxy groups -OCH3 is 1. The molecule has 0 aromatic heterocycles. The lowest BCUT2D eigenvalue weighted by Gasteiger charge is -2.07. The lowest BCUT2D eigenvalue weighted by atomic mass is 10.3. The summed E-state index contributed by atoms with van der Waals surface area (Å²) in [6.45, 7) is 1.88. The summed E-state index contributed by atoms with van der Waals surface area (Å²) in [4.78, 5) is 0.335. The van der Waals surface area contributed by atoms with Crippen LogP contribution in [0, 0.1) is 0 Å². The van der Waals surface area contributed by atoms with Gasteiger partial charge in [-0.3, -0.25) is 0 Å². The summed E-state index contributed by atoms with van der Waals surface area (Å²) in [6.07, 6.45) is 0.553. The molecule has 0 bridgehead atoms. The minimum absolute atomic E-state index is 0.0908. The molecule has 5 heteroatoms. The van der Waals surface area contributed by atoms with Crippen LogP contribution in [-0.4, -0.2) is 26.5 Å². The van der Waals surface area contributed by atoms with E-state index in [0.717, 1.165) is 0 Å². The molecule has 0 saturated heterocycles. The summed E-state index contributed by atoms with van der Waals surface area (Å²) < 4.78 is 28.7. The smallest absolute Gasteiger partial charge is 0.178 e. The van der Waals surface area contributed by atoms with E-state index in [1.165, 1.54) is 0 Å². The second-order valence-electron chi connectivity index (χ2n) is 3.63. The zero-order valence-corrected chi connectivity index (χ0v) is 11.1. The molecule has 0 N–H and O–H groups in total. The van der Waals surface area contributed by atoms with Gasteiger partial charge in [0.1, 0.15) is 5.75 Å². The number of sulfone groups is 1. The number of benzene rings is 1. The van der Waals surface area contributed by atoms with Crippen LogP contribution in [0.2, 0.25) is 0 Å². The molecule has 0 spiro atoms. The predicted molar refractivity (Wildman–Crippen MR) is 68.1 cm³/mol. The third-order valence-corrected chi connectivity index (χ3v) is 4.24. The molecule has 0 unspecified atom stereocenters. The largest absolute Gasteiger partial charge is 0.497 e. The van der Waals surface area contributed by atoms with Crippen molar-refractivity contribution < 1.29 is 13.2 Å². The first kappa shape index (κ1) is 13.4. The van der Waals surface area contributed by atoms with Crippen molar-refractivity contribution in [1.82, 2.24) is 0 Å². The van der Waals surface area contributed by atoms with Crippen molar-refractivity contribution in [2.24, 2.45) is 0 Å². The van der Waals surface area contributed by atoms with Gasteiger partial charge in [-0.15, -0.1) is 0 Å². The van der Waals surface area contributed by atoms with Gasteiger partial charge in [0.05, 0.1) is 17.8 Å². The van der Waals surface area contributed by atoms with Crippen LogP contribution in [0.5, 0.6) is 5.75 Å². The van der Waals surface area contributed by atoms with Crippen LogP contribution in [0.1, 0.15) is 13.3 Å². The normalized spacial score (nSPS) is 13.4. The quantitative estimate of drug-likeness (QED) is 0.825. The fourth-order valence-corrected chi connectivity index (χ4v) is 2.98. The SMILES string of the molecule is COc1ccc(S(=O)(=O)CC[C@H](C)S)cc1. The van der Waals surface area contributed by atoms with E-state index in [4.69, 9.17) is 4.74 Å². The van der Waals surface area contributed by atoms with Gasteiger partial charge in [0.25, 0.3) is 0 Å². The molecule has 0 fully saturated rings. The van der Waals surface area contributed by atoms with Gasteiger partial charge < -0.3 is 4.74 Å². The summed E-state index contributed by atoms with van der Waals surface area (Å²) in [5.41, 5.74) is 0. The zero-order valence-electron chi connectivity index (χ0n) is 9.38. The maximum Gasteiger partial charge on any atom is 0.178 e. The first-order valence-electron chi connectivity index (χ1n) is 5.00. The van der Waals surface area contributed by atoms with E-state index in [9.17, 15) is 8.42 Å². The zero-order chi connectivity index (χ0) is 12.2. The van der Waals surface area contributed by atoms with Crippen molar-refractivity contribution >= 4 is 22.5 Å². The first-order valence-corrected chi connectivity index (χ1v) is 7.17. The molecule has 1 rings (SSSR count). The first-order chi connectivity index (χ1) is 7.45. The second kappa shape index (κ2) is 5.59. The molecule has 0 aliphatic heterocycles. The Hall–Kier alpha value is -0.680. The Morgan fingerprint density at radius 3 is 2.31 bits per heavy atom. The van der Waals surface area contributed by atoms with Crippen molar-refractivity contribution in [3.05, 3.63) is 24.3 Å². The Labute approximate surface area is 102 Å². The summed E-state index contributed by atoms with van der Waals surface area (Å²) in [5, 5.41) is 0.0908. The summed E-state index contributed by atoms with van der Waals surface area (Å²) in [5.74, 6) is 0.783. The van der Waals surface area contributed by atoms with E-state index in [-0.39, 0.29) is 11.0 Å². The standard InChI is InChI=1S/C11H16O3S2/c1-9(15)7-8-16(12,13)11-5-3-10(14-2)4-6-11/h3-6,9,15H,7-8H2,1-2H3/t9-/m0/s1. The molecule has 0 radical (unpaired) electrons. The van der Waals surface area contributed by atoms with E-state index in [1.54, 1.807) is 31.4 Å². The van der Waals surface area contributed by atoms with Crippen LogP contribution in [0.25, 0.3) is 0 Å². The molecule has 0 aliphatic rings. The number of ether oxygens (including phenoxy) is 1. The maximum absolute atomic E-state index is 11.9. The summed E-state index contributed by atoms with van der Waals surface area (Å²) in [7, 11) is -1.64. The molecule has 1 aromatic carbocycles. The van der Waals surface area contributed by atoms with Crippen LogP contribution < -0.4 is 4.74 Å². The van der Waals surface area contributed by atoms with Gasteiger partial charge >= 0.3 is 0 Å². The monoisotopic (exact) mass is 260 g/mol. The van der Waals surface area contributed by atoms with E-state index in [1.807, 2.05) is 6.92 Å². The minimum Gasteiger partial charge on any atom is -0.497 e. The molecule has 16 heavy (non-hydrogen) atoms. The van der Waals surface area contributed by atoms with Crippen LogP contribution in [0.4, 0.5) is 0 Å². The molecule has 1 aromatic rings. The van der Waals surface area contributed by atoms with Gasteiger partial charge in [-0.2, -0.15) is 12.6 Å². The minimum atomic E-state index is -3.18. The van der Waals surface area contributed by atoms with Crippen LogP contribution in [0.15, 0.2) is 29.2 Å². The molecule has 0 aliphatic carbocycles. The molecule has 3 nitrogen and oxygen atoms in total. The highest BCUT2D eigenvalue weighted by Crippen LogP contribution is 2.18. The average Bonchev–Trinajstić information content (AvgIpc) is 2.27. The van der Waals surface area contributed by atoms with Crippen LogP contribution in [-0.2, 0) is 9.84 Å². The number of hydrogen-bond acceptors (Lipinski definition) is 4. The van der Waals surface area contributed by atoms with Crippen LogP contribution in [0.3, 0.4) is 0 Å². The van der Waals surface area contributed by atoms with Gasteiger partial charge in [-0.05, 0) is 35.9 Å². The highest BCUT2D eigenvalue weighted by Gasteiger charge is 2.14. The highest BCUT2D eigenvalue weighted by atomic mass is 32.2. The molecule has 90 valence electrons. The summed E-state index contributed by atoms with van der Waals surface area (Å²) in [6, 6.07) is 6.43. The Bertz CT molecular complexity index is 421. The Balaban J connectivity index is 2.82. The highest BCUT2D eigenvalue weighted by molar-refractivity contribution is 7.91. The van der Waals surface area contributed by atoms with E-state index >= 15 is 0 Å². The fraction of sp³-hybridized carbons (Fsp3) is 0.455. The van der Waals surface area contributed by atoms with Gasteiger partial charge in [-0.25, -0.2) is 8.42 Å². The predicted octanol–water partition coefficient (Wildman–Crippen LogP) is 2.18. The molecular formula is C11H16O3S2. The van der Waals surface area contributed by atoms with E-state index in [0.29, 0.717) is 17.1 Å². The number of hydrogen-bond donors (Lipinski definition) is 1. The molecule has 1 atom stereocenters. The molecule has 0 amide bonds. The van der Waals surface area contributed by atoms with Crippen molar-refractivity contribution in [2.75, 3.05) is 12.9 Å². The van der Waals surface area contributed by atoms with Crippen LogP contribution >= 0.6 is 12.6 Å². The summed E-state index contributed by atoms with van der Waals surface area (Å²) >= 11 is 4.17. The van der Waals surface area contributed by atoms with Gasteiger partial charge in [0, 0.05) is 0 Å². The third-order valence-electron chi connectivity index (χ3n) is 2.22. The van der Waals surface area contributed by atoms with Gasteiger partial charge in [-0.1, -0.05) is 6.92 Å². The Morgan fingerprint density at radius 1 is 1.31 bits per heavy atom. The third kappa shape index (κ3) is 3.72. The molecule has 0 heterocycles.